The van der Waals surface area contributed by atoms with Gasteiger partial charge in [-0.15, -0.1) is 0 Å². The Morgan fingerprint density at radius 3 is 3.17 bits per heavy atom. The quantitative estimate of drug-likeness (QED) is 0.661. The van der Waals surface area contributed by atoms with Crippen LogP contribution in [0.15, 0.2) is 24.4 Å². The van der Waals surface area contributed by atoms with Crippen molar-refractivity contribution in [3.63, 3.8) is 0 Å². The Kier molecular flexibility index (Phi) is 1.98. The van der Waals surface area contributed by atoms with Crippen LogP contribution in [0.25, 0.3) is 10.9 Å². The molecule has 0 bridgehead atoms. The minimum absolute atomic E-state index is 0.431. The lowest BCUT2D eigenvalue weighted by Crippen LogP contribution is -2.54. The molecule has 94 valence electrons. The second kappa shape index (κ2) is 3.37. The van der Waals surface area contributed by atoms with Crippen molar-refractivity contribution in [1.82, 2.24) is 10.3 Å². The van der Waals surface area contributed by atoms with Crippen molar-refractivity contribution >= 4 is 10.9 Å². The van der Waals surface area contributed by atoms with Crippen molar-refractivity contribution in [3.05, 3.63) is 35.5 Å². The van der Waals surface area contributed by atoms with Crippen LogP contribution in [-0.2, 0) is 6.42 Å². The normalized spacial score (nSPS) is 34.6. The number of benzene rings is 1. The van der Waals surface area contributed by atoms with Crippen LogP contribution in [0.2, 0.25) is 0 Å². The maximum absolute atomic E-state index is 10.3. The van der Waals surface area contributed by atoms with Gasteiger partial charge in [-0.05, 0) is 37.0 Å². The van der Waals surface area contributed by atoms with E-state index in [2.05, 4.69) is 34.7 Å². The van der Waals surface area contributed by atoms with Gasteiger partial charge in [0.25, 0.3) is 0 Å². The van der Waals surface area contributed by atoms with Crippen LogP contribution >= 0.6 is 0 Å². The molecule has 3 atom stereocenters. The highest BCUT2D eigenvalue weighted by molar-refractivity contribution is 5.88. The van der Waals surface area contributed by atoms with Gasteiger partial charge in [0, 0.05) is 35.6 Å². The SMILES string of the molecule is CC1(O)CN[C@@H]2Cc3c[nH]c4cccc(c34)[C@H]2C1. The summed E-state index contributed by atoms with van der Waals surface area (Å²) in [5.41, 5.74) is 3.45. The number of rotatable bonds is 0. The number of β-amino-alcohol motifs (C(OH)–C–C–N with tert-alkyl or cyclic N) is 1. The number of nitrogens with one attached hydrogen (secondary N) is 2. The van der Waals surface area contributed by atoms with Gasteiger partial charge in [0.15, 0.2) is 0 Å². The molecular weight excluding hydrogens is 224 g/mol. The molecule has 2 aliphatic rings. The van der Waals surface area contributed by atoms with Crippen LogP contribution in [0.5, 0.6) is 0 Å². The zero-order valence-corrected chi connectivity index (χ0v) is 10.5. The monoisotopic (exact) mass is 242 g/mol. The van der Waals surface area contributed by atoms with E-state index in [1.807, 2.05) is 6.92 Å². The lowest BCUT2D eigenvalue weighted by Gasteiger charge is -2.43. The number of fused-ring (bicyclic) bond motifs is 2. The number of aromatic amines is 1. The molecule has 0 spiro atoms. The highest BCUT2D eigenvalue weighted by Crippen LogP contribution is 2.42. The topological polar surface area (TPSA) is 48.0 Å². The summed E-state index contributed by atoms with van der Waals surface area (Å²) in [6.07, 6.45) is 4.06. The van der Waals surface area contributed by atoms with E-state index < -0.39 is 5.60 Å². The summed E-state index contributed by atoms with van der Waals surface area (Å²) in [4.78, 5) is 3.36. The zero-order chi connectivity index (χ0) is 12.3. The fraction of sp³-hybridized carbons (Fsp3) is 0.467. The summed E-state index contributed by atoms with van der Waals surface area (Å²) in [6, 6.07) is 6.94. The van der Waals surface area contributed by atoms with Crippen molar-refractivity contribution in [2.45, 2.75) is 37.3 Å². The number of H-pyrrole nitrogens is 1. The van der Waals surface area contributed by atoms with Crippen LogP contribution in [0.4, 0.5) is 0 Å². The van der Waals surface area contributed by atoms with Crippen molar-refractivity contribution in [3.8, 4) is 0 Å². The van der Waals surface area contributed by atoms with Gasteiger partial charge < -0.3 is 15.4 Å². The Bertz CT molecular complexity index is 614. The summed E-state index contributed by atoms with van der Waals surface area (Å²) in [7, 11) is 0. The third kappa shape index (κ3) is 1.38. The lowest BCUT2D eigenvalue weighted by molar-refractivity contribution is 0.0141. The first-order valence-electron chi connectivity index (χ1n) is 6.69. The van der Waals surface area contributed by atoms with E-state index in [4.69, 9.17) is 0 Å². The van der Waals surface area contributed by atoms with E-state index in [0.717, 1.165) is 12.8 Å². The van der Waals surface area contributed by atoms with E-state index in [1.54, 1.807) is 0 Å². The zero-order valence-electron chi connectivity index (χ0n) is 10.5. The molecule has 3 nitrogen and oxygen atoms in total. The minimum atomic E-state index is -0.586. The molecule has 2 aromatic rings. The molecule has 0 radical (unpaired) electrons. The van der Waals surface area contributed by atoms with Gasteiger partial charge in [-0.3, -0.25) is 0 Å². The molecule has 1 saturated heterocycles. The van der Waals surface area contributed by atoms with Gasteiger partial charge in [-0.25, -0.2) is 0 Å². The van der Waals surface area contributed by atoms with Gasteiger partial charge in [0.05, 0.1) is 5.60 Å². The Labute approximate surface area is 106 Å². The number of hydrogen-bond donors (Lipinski definition) is 3. The molecule has 4 rings (SSSR count). The number of piperidine rings is 1. The van der Waals surface area contributed by atoms with Crippen LogP contribution in [0.3, 0.4) is 0 Å². The Morgan fingerprint density at radius 1 is 1.39 bits per heavy atom. The maximum Gasteiger partial charge on any atom is 0.0750 e. The maximum atomic E-state index is 10.3. The van der Waals surface area contributed by atoms with E-state index in [0.29, 0.717) is 18.5 Å². The molecule has 1 aromatic heterocycles. The number of hydrogen-bond acceptors (Lipinski definition) is 2. The van der Waals surface area contributed by atoms with E-state index in [1.165, 1.54) is 22.0 Å². The number of aliphatic hydroxyl groups is 1. The van der Waals surface area contributed by atoms with E-state index >= 15 is 0 Å². The van der Waals surface area contributed by atoms with Crippen LogP contribution in [-0.4, -0.2) is 28.3 Å². The molecule has 3 heteroatoms. The van der Waals surface area contributed by atoms with Gasteiger partial charge in [-0.1, -0.05) is 12.1 Å². The van der Waals surface area contributed by atoms with E-state index in [-0.39, 0.29) is 0 Å². The largest absolute Gasteiger partial charge is 0.389 e. The average Bonchev–Trinajstić information content (AvgIpc) is 2.75. The number of aromatic nitrogens is 1. The molecule has 3 N–H and O–H groups in total. The predicted octanol–water partition coefficient (Wildman–Crippen LogP) is 1.92. The fourth-order valence-electron chi connectivity index (χ4n) is 3.72. The average molecular weight is 242 g/mol. The van der Waals surface area contributed by atoms with Gasteiger partial charge in [-0.2, -0.15) is 0 Å². The molecular formula is C15H18N2O. The van der Waals surface area contributed by atoms with Crippen LogP contribution in [0.1, 0.15) is 30.4 Å². The fourth-order valence-corrected chi connectivity index (χ4v) is 3.72. The molecule has 2 heterocycles. The van der Waals surface area contributed by atoms with Crippen LogP contribution in [0, 0.1) is 0 Å². The summed E-state index contributed by atoms with van der Waals surface area (Å²) < 4.78 is 0. The summed E-state index contributed by atoms with van der Waals surface area (Å²) in [5.74, 6) is 0.431. The van der Waals surface area contributed by atoms with Crippen LogP contribution < -0.4 is 5.32 Å². The predicted molar refractivity (Wildman–Crippen MR) is 71.8 cm³/mol. The molecule has 0 amide bonds. The first-order chi connectivity index (χ1) is 8.64. The standard InChI is InChI=1S/C15H18N2O/c1-15(18)6-11-10-3-2-4-12-14(10)9(7-16-12)5-13(11)17-8-15/h2-4,7,11,13,16-18H,5-6,8H2,1H3/t11-,13-,15?/m1/s1. The highest BCUT2D eigenvalue weighted by atomic mass is 16.3. The second-order valence-electron chi connectivity index (χ2n) is 6.08. The second-order valence-corrected chi connectivity index (χ2v) is 6.08. The molecule has 1 fully saturated rings. The molecule has 1 aliphatic carbocycles. The van der Waals surface area contributed by atoms with Gasteiger partial charge in [0.2, 0.25) is 0 Å². The first-order valence-corrected chi connectivity index (χ1v) is 6.69. The summed E-state index contributed by atoms with van der Waals surface area (Å²) in [5, 5.41) is 15.2. The molecule has 1 aromatic carbocycles. The van der Waals surface area contributed by atoms with Crippen molar-refractivity contribution < 1.29 is 5.11 Å². The summed E-state index contributed by atoms with van der Waals surface area (Å²) >= 11 is 0. The third-order valence-electron chi connectivity index (χ3n) is 4.55. The van der Waals surface area contributed by atoms with Gasteiger partial charge >= 0.3 is 0 Å². The minimum Gasteiger partial charge on any atom is -0.389 e. The molecule has 1 unspecified atom stereocenters. The van der Waals surface area contributed by atoms with E-state index in [9.17, 15) is 5.11 Å². The lowest BCUT2D eigenvalue weighted by atomic mass is 9.72. The van der Waals surface area contributed by atoms with Crippen molar-refractivity contribution in [2.75, 3.05) is 6.54 Å². The summed E-state index contributed by atoms with van der Waals surface area (Å²) in [6.45, 7) is 2.63. The first kappa shape index (κ1) is 10.6. The molecule has 0 saturated carbocycles. The Hall–Kier alpha value is -1.32. The highest BCUT2D eigenvalue weighted by Gasteiger charge is 2.40. The third-order valence-corrected chi connectivity index (χ3v) is 4.55. The Morgan fingerprint density at radius 2 is 2.28 bits per heavy atom. The smallest absolute Gasteiger partial charge is 0.0750 e. The molecule has 18 heavy (non-hydrogen) atoms. The molecule has 1 aliphatic heterocycles. The Balaban J connectivity index is 1.90. The van der Waals surface area contributed by atoms with Gasteiger partial charge in [0.1, 0.15) is 0 Å². The van der Waals surface area contributed by atoms with Crippen molar-refractivity contribution in [1.29, 1.82) is 0 Å². The van der Waals surface area contributed by atoms with Crippen molar-refractivity contribution in [2.24, 2.45) is 0 Å².